The first kappa shape index (κ1) is 104. The van der Waals surface area contributed by atoms with E-state index in [1.807, 2.05) is 55.8 Å². The van der Waals surface area contributed by atoms with Gasteiger partial charge in [0.15, 0.2) is 0 Å². The van der Waals surface area contributed by atoms with Crippen molar-refractivity contribution >= 4 is 0 Å². The molecule has 13 heteroatoms. The number of hydrogen-bond acceptors (Lipinski definition) is 13. The molecule has 0 fully saturated rings. The Kier molecular flexibility index (Phi) is 43.8. The molecule has 0 bridgehead atoms. The first-order valence-corrected chi connectivity index (χ1v) is 42.4. The zero-order chi connectivity index (χ0) is 87.8. The summed E-state index contributed by atoms with van der Waals surface area (Å²) in [5.74, 6) is 7.69. The summed E-state index contributed by atoms with van der Waals surface area (Å²) in [4.78, 5) is 39.3. The van der Waals surface area contributed by atoms with Gasteiger partial charge in [0.1, 0.15) is 11.6 Å². The molecule has 8 heterocycles. The number of rotatable bonds is 12. The molecule has 9 rings (SSSR count). The van der Waals surface area contributed by atoms with E-state index < -0.39 is 0 Å². The third-order valence-corrected chi connectivity index (χ3v) is 18.9. The van der Waals surface area contributed by atoms with E-state index in [0.29, 0.717) is 71.0 Å². The number of hydrogen-bond donors (Lipinski definition) is 0. The van der Waals surface area contributed by atoms with Crippen LogP contribution in [0.1, 0.15) is 464 Å². The Bertz CT molecular complexity index is 3140. The molecule has 0 aliphatic heterocycles. The second kappa shape index (κ2) is 47.9. The second-order valence-electron chi connectivity index (χ2n) is 40.2. The summed E-state index contributed by atoms with van der Waals surface area (Å²) in [5, 5.41) is 16.6. The van der Waals surface area contributed by atoms with Crippen molar-refractivity contribution in [1.29, 1.82) is 0 Å². The highest BCUT2D eigenvalue weighted by molar-refractivity contribution is 5.32. The summed E-state index contributed by atoms with van der Waals surface area (Å²) in [6.45, 7) is 91.1. The Morgan fingerprint density at radius 2 is 0.386 bits per heavy atom. The maximum absolute atomic E-state index is 4.52. The van der Waals surface area contributed by atoms with Crippen molar-refractivity contribution in [3.63, 3.8) is 0 Å². The lowest BCUT2D eigenvalue weighted by Gasteiger charge is -2.23. The Labute approximate surface area is 698 Å². The fraction of sp³-hybridized carbons (Fsp3) is 0.594. The fourth-order valence-electron chi connectivity index (χ4n) is 9.90. The lowest BCUT2D eigenvalue weighted by molar-refractivity contribution is 0.556. The van der Waals surface area contributed by atoms with Crippen molar-refractivity contribution in [1.82, 2.24) is 65.3 Å². The molecule has 1 aromatic carbocycles. The molecular weight excluding hydrogens is 1400 g/mol. The predicted octanol–water partition coefficient (Wildman–Crippen LogP) is 28.6. The first-order chi connectivity index (χ1) is 52.3. The Morgan fingerprint density at radius 1 is 0.167 bits per heavy atom. The lowest BCUT2D eigenvalue weighted by Crippen LogP contribution is -2.16. The molecule has 8 aromatic heterocycles. The molecule has 0 aliphatic carbocycles. The zero-order valence-corrected chi connectivity index (χ0v) is 80.0. The van der Waals surface area contributed by atoms with Gasteiger partial charge in [0.25, 0.3) is 0 Å². The highest BCUT2D eigenvalue weighted by Gasteiger charge is 2.22. The summed E-state index contributed by atoms with van der Waals surface area (Å²) in [5.41, 5.74) is 20.3. The van der Waals surface area contributed by atoms with Crippen molar-refractivity contribution in [3.05, 3.63) is 243 Å². The van der Waals surface area contributed by atoms with E-state index in [2.05, 4.69) is 441 Å². The molecule has 114 heavy (non-hydrogen) atoms. The fourth-order valence-corrected chi connectivity index (χ4v) is 9.90. The van der Waals surface area contributed by atoms with E-state index >= 15 is 0 Å². The van der Waals surface area contributed by atoms with E-state index in [4.69, 9.17) is 0 Å². The molecule has 13 nitrogen and oxygen atoms in total. The van der Waals surface area contributed by atoms with Crippen LogP contribution in [0, 0.1) is 0 Å². The van der Waals surface area contributed by atoms with Gasteiger partial charge in [-0.1, -0.05) is 333 Å². The van der Waals surface area contributed by atoms with Crippen LogP contribution in [0.25, 0.3) is 0 Å². The van der Waals surface area contributed by atoms with E-state index in [9.17, 15) is 0 Å². The van der Waals surface area contributed by atoms with Gasteiger partial charge >= 0.3 is 0 Å². The normalized spacial score (nSPS) is 11.8. The third-order valence-electron chi connectivity index (χ3n) is 18.9. The van der Waals surface area contributed by atoms with Gasteiger partial charge in [-0.25, -0.2) is 19.9 Å². The minimum Gasteiger partial charge on any atom is -0.261 e. The van der Waals surface area contributed by atoms with Crippen molar-refractivity contribution in [2.24, 2.45) is 0 Å². The average molecular weight is 1560 g/mol. The maximum atomic E-state index is 4.52. The van der Waals surface area contributed by atoms with Gasteiger partial charge < -0.3 is 0 Å². The highest BCUT2D eigenvalue weighted by Crippen LogP contribution is 2.30. The van der Waals surface area contributed by atoms with Crippen molar-refractivity contribution in [3.8, 4) is 0 Å². The Balaban J connectivity index is 0.000000642. The summed E-state index contributed by atoms with van der Waals surface area (Å²) in [6.07, 6.45) is 17.4. The Morgan fingerprint density at radius 3 is 0.544 bits per heavy atom. The SMILES string of the molecule is CC(C)(C)c1ccc(C(C)(C)C)cc1.CC(C)(C)c1ccc(C(C)(C)C)nc1.CC(C)(C)c1ccc(C(C)(C)C)nc1.CC(C)c1ccc(C(C)C)nc1.CC(C)c1ccc(C(C)C)nn1.CC(C)c1ccc(C(C)C)nn1.CC(C)c1cnc(C(C)C)cn1.CC(C)c1cnc(C(C)C)nc1.CC(C)c1cnc(C(C)C)nc1. The number of aromatic nitrogens is 13. The molecule has 0 aliphatic rings. The molecule has 0 unspecified atom stereocenters. The molecule has 0 amide bonds. The molecular formula is C101H161N13. The minimum atomic E-state index is 0.149. The quantitative estimate of drug-likeness (QED) is 0.113. The highest BCUT2D eigenvalue weighted by atomic mass is 15.1. The molecule has 0 spiro atoms. The van der Waals surface area contributed by atoms with Crippen LogP contribution in [0.3, 0.4) is 0 Å². The molecule has 0 atom stereocenters. The number of nitrogens with zero attached hydrogens (tertiary/aromatic N) is 13. The Hall–Kier alpha value is -7.93. The lowest BCUT2D eigenvalue weighted by atomic mass is 9.82. The molecule has 0 saturated heterocycles. The standard InChI is InChI=1S/C14H22.2C13H21N.C11H17N.5C10H16N2/c1-13(2,3)11-7-9-12(10-8-11)14(4,5)6;2*1-12(2,3)10-7-8-11(14-9-10)13(4,5)6;1-8(2)10-5-6-11(9(3)4)12-7-10;1-7(2)9-5-12-10(6-11-9)8(3)4;2*1-7(2)9-5-11-10(8(3)4)12-6-9;2*1-7(2)9-5-6-10(8(3)4)12-11-9/h7-10H,1-6H3;2*7-9H,1-6H3;5-9H,1-4H3;5*5-8H,1-4H3. The molecule has 630 valence electrons. The predicted molar refractivity (Wildman–Crippen MR) is 491 cm³/mol. The summed E-state index contributed by atoms with van der Waals surface area (Å²) >= 11 is 0. The zero-order valence-electron chi connectivity index (χ0n) is 80.0. The maximum Gasteiger partial charge on any atom is 0.130 e. The van der Waals surface area contributed by atoms with Crippen molar-refractivity contribution < 1.29 is 0 Å². The largest absolute Gasteiger partial charge is 0.261 e. The molecule has 0 N–H and O–H groups in total. The van der Waals surface area contributed by atoms with E-state index in [0.717, 1.165) is 57.2 Å². The van der Waals surface area contributed by atoms with Crippen LogP contribution < -0.4 is 0 Å². The van der Waals surface area contributed by atoms with Crippen LogP contribution in [0.2, 0.25) is 0 Å². The molecule has 9 aromatic rings. The molecule has 0 radical (unpaired) electrons. The van der Waals surface area contributed by atoms with E-state index in [-0.39, 0.29) is 32.5 Å². The van der Waals surface area contributed by atoms with Crippen LogP contribution in [-0.4, -0.2) is 65.3 Å². The van der Waals surface area contributed by atoms with Crippen LogP contribution in [0.4, 0.5) is 0 Å². The minimum absolute atomic E-state index is 0.149. The van der Waals surface area contributed by atoms with Gasteiger partial charge in [-0.2, -0.15) is 20.4 Å². The molecule has 0 saturated carbocycles. The summed E-state index contributed by atoms with van der Waals surface area (Å²) in [7, 11) is 0. The number of benzene rings is 1. The van der Waals surface area contributed by atoms with Crippen LogP contribution in [0.5, 0.6) is 0 Å². The third kappa shape index (κ3) is 40.1. The van der Waals surface area contributed by atoms with Gasteiger partial charge in [0, 0.05) is 95.5 Å². The van der Waals surface area contributed by atoms with Crippen LogP contribution >= 0.6 is 0 Å². The second-order valence-corrected chi connectivity index (χ2v) is 40.2. The monoisotopic (exact) mass is 1560 g/mol. The average Bonchev–Trinajstić information content (AvgIpc) is 0.835. The van der Waals surface area contributed by atoms with Gasteiger partial charge in [0.2, 0.25) is 0 Å². The van der Waals surface area contributed by atoms with Gasteiger partial charge in [-0.15, -0.1) is 0 Å². The van der Waals surface area contributed by atoms with Gasteiger partial charge in [0.05, 0.1) is 34.2 Å². The topological polar surface area (TPSA) is 168 Å². The van der Waals surface area contributed by atoms with Crippen molar-refractivity contribution in [2.75, 3.05) is 0 Å². The van der Waals surface area contributed by atoms with Gasteiger partial charge in [-0.3, -0.25) is 24.9 Å². The summed E-state index contributed by atoms with van der Waals surface area (Å²) < 4.78 is 0. The van der Waals surface area contributed by atoms with E-state index in [1.165, 1.54) is 44.6 Å². The smallest absolute Gasteiger partial charge is 0.130 e. The van der Waals surface area contributed by atoms with Crippen LogP contribution in [0.15, 0.2) is 141 Å². The summed E-state index contributed by atoms with van der Waals surface area (Å²) in [6, 6.07) is 30.2. The first-order valence-electron chi connectivity index (χ1n) is 42.4. The van der Waals surface area contributed by atoms with Gasteiger partial charge in [-0.05, 0) is 162 Å². The van der Waals surface area contributed by atoms with E-state index in [1.54, 1.807) is 0 Å². The van der Waals surface area contributed by atoms with Crippen LogP contribution in [-0.2, 0) is 32.5 Å². The van der Waals surface area contributed by atoms with Crippen molar-refractivity contribution in [2.45, 2.75) is 394 Å². The number of pyridine rings is 3.